The van der Waals surface area contributed by atoms with Crippen LogP contribution in [0.1, 0.15) is 11.1 Å². The molecule has 0 saturated heterocycles. The van der Waals surface area contributed by atoms with E-state index < -0.39 is 4.92 Å². The molecule has 0 aliphatic carbocycles. The van der Waals surface area contributed by atoms with Crippen molar-refractivity contribution < 1.29 is 4.92 Å². The summed E-state index contributed by atoms with van der Waals surface area (Å²) in [6.45, 7) is 1.80. The molecule has 0 saturated carbocycles. The molecule has 0 atom stereocenters. The predicted octanol–water partition coefficient (Wildman–Crippen LogP) is 2.18. The van der Waals surface area contributed by atoms with Crippen LogP contribution in [0.2, 0.25) is 0 Å². The molecule has 0 N–H and O–H groups in total. The van der Waals surface area contributed by atoms with Crippen LogP contribution in [0.15, 0.2) is 18.2 Å². The van der Waals surface area contributed by atoms with E-state index in [0.717, 1.165) is 5.56 Å². The molecule has 14 heavy (non-hydrogen) atoms. The maximum absolute atomic E-state index is 10.7. The van der Waals surface area contributed by atoms with E-state index in [-0.39, 0.29) is 5.69 Å². The minimum absolute atomic E-state index is 0.0549. The molecular formula is C10H9NO2S. The molecule has 3 nitrogen and oxygen atoms in total. The number of nitro groups is 1. The highest BCUT2D eigenvalue weighted by molar-refractivity contribution is 7.80. The largest absolute Gasteiger partial charge is 0.285 e. The van der Waals surface area contributed by atoms with Crippen molar-refractivity contribution in [3.63, 3.8) is 0 Å². The van der Waals surface area contributed by atoms with Gasteiger partial charge in [-0.1, -0.05) is 24.0 Å². The molecule has 0 fully saturated rings. The summed E-state index contributed by atoms with van der Waals surface area (Å²) in [5.41, 5.74) is 1.35. The van der Waals surface area contributed by atoms with E-state index in [1.165, 1.54) is 6.07 Å². The van der Waals surface area contributed by atoms with Gasteiger partial charge in [0.1, 0.15) is 5.56 Å². The SMILES string of the molecule is Cc1cccc([N+](=O)[O-])c1C#CCS. The summed E-state index contributed by atoms with van der Waals surface area (Å²) in [6.07, 6.45) is 0. The van der Waals surface area contributed by atoms with Gasteiger partial charge >= 0.3 is 0 Å². The Kier molecular flexibility index (Phi) is 3.55. The smallest absolute Gasteiger partial charge is 0.258 e. The molecule has 0 spiro atoms. The van der Waals surface area contributed by atoms with Gasteiger partial charge < -0.3 is 0 Å². The molecule has 0 aromatic heterocycles. The summed E-state index contributed by atoms with van der Waals surface area (Å²) in [5.74, 6) is 5.85. The highest BCUT2D eigenvalue weighted by Gasteiger charge is 2.12. The first kappa shape index (κ1) is 10.6. The number of hydrogen-bond acceptors (Lipinski definition) is 3. The second kappa shape index (κ2) is 4.68. The van der Waals surface area contributed by atoms with E-state index in [1.807, 2.05) is 0 Å². The zero-order chi connectivity index (χ0) is 10.6. The minimum Gasteiger partial charge on any atom is -0.258 e. The molecule has 0 radical (unpaired) electrons. The normalized spacial score (nSPS) is 9.00. The van der Waals surface area contributed by atoms with Gasteiger partial charge in [0, 0.05) is 6.07 Å². The molecule has 1 rings (SSSR count). The number of rotatable bonds is 1. The fourth-order valence-electron chi connectivity index (χ4n) is 1.09. The van der Waals surface area contributed by atoms with Gasteiger partial charge in [0.2, 0.25) is 0 Å². The van der Waals surface area contributed by atoms with Crippen LogP contribution in [0.3, 0.4) is 0 Å². The highest BCUT2D eigenvalue weighted by Crippen LogP contribution is 2.20. The first-order valence-electron chi connectivity index (χ1n) is 4.00. The molecule has 0 unspecified atom stereocenters. The lowest BCUT2D eigenvalue weighted by atomic mass is 10.1. The topological polar surface area (TPSA) is 43.1 Å². The Morgan fingerprint density at radius 2 is 2.29 bits per heavy atom. The molecule has 1 aromatic rings. The summed E-state index contributed by atoms with van der Waals surface area (Å²) in [5, 5.41) is 10.7. The maximum Gasteiger partial charge on any atom is 0.285 e. The van der Waals surface area contributed by atoms with Crippen molar-refractivity contribution in [2.24, 2.45) is 0 Å². The predicted molar refractivity (Wildman–Crippen MR) is 58.6 cm³/mol. The first-order valence-corrected chi connectivity index (χ1v) is 4.64. The van der Waals surface area contributed by atoms with E-state index in [0.29, 0.717) is 11.3 Å². The maximum atomic E-state index is 10.7. The number of nitro benzene ring substituents is 1. The molecule has 4 heteroatoms. The number of benzene rings is 1. The van der Waals surface area contributed by atoms with Crippen LogP contribution in [-0.4, -0.2) is 10.7 Å². The zero-order valence-corrected chi connectivity index (χ0v) is 8.54. The lowest BCUT2D eigenvalue weighted by Crippen LogP contribution is -1.94. The zero-order valence-electron chi connectivity index (χ0n) is 7.65. The Labute approximate surface area is 87.7 Å². The fraction of sp³-hybridized carbons (Fsp3) is 0.200. The summed E-state index contributed by atoms with van der Waals surface area (Å²) in [6, 6.07) is 4.91. The van der Waals surface area contributed by atoms with Gasteiger partial charge in [0.15, 0.2) is 0 Å². The Morgan fingerprint density at radius 3 is 2.86 bits per heavy atom. The third-order valence-electron chi connectivity index (χ3n) is 1.74. The molecule has 0 aliphatic heterocycles. The third-order valence-corrected chi connectivity index (χ3v) is 1.90. The number of aryl methyl sites for hydroxylation is 1. The van der Waals surface area contributed by atoms with Gasteiger partial charge in [0.25, 0.3) is 5.69 Å². The monoisotopic (exact) mass is 207 g/mol. The Balaban J connectivity index is 3.29. The Bertz CT molecular complexity index is 418. The van der Waals surface area contributed by atoms with Crippen LogP contribution in [-0.2, 0) is 0 Å². The van der Waals surface area contributed by atoms with Crippen LogP contribution >= 0.6 is 12.6 Å². The second-order valence-electron chi connectivity index (χ2n) is 2.69. The molecule has 0 amide bonds. The van der Waals surface area contributed by atoms with Gasteiger partial charge in [-0.2, -0.15) is 12.6 Å². The summed E-state index contributed by atoms with van der Waals surface area (Å²) in [7, 11) is 0. The van der Waals surface area contributed by atoms with Gasteiger partial charge in [-0.25, -0.2) is 0 Å². The van der Waals surface area contributed by atoms with Crippen molar-refractivity contribution in [1.29, 1.82) is 0 Å². The van der Waals surface area contributed by atoms with Crippen molar-refractivity contribution in [3.8, 4) is 11.8 Å². The average Bonchev–Trinajstić information content (AvgIpc) is 2.15. The summed E-state index contributed by atoms with van der Waals surface area (Å²) < 4.78 is 0. The van der Waals surface area contributed by atoms with Gasteiger partial charge in [-0.15, -0.1) is 0 Å². The molecule has 72 valence electrons. The third kappa shape index (κ3) is 2.27. The second-order valence-corrected chi connectivity index (χ2v) is 3.00. The quantitative estimate of drug-likeness (QED) is 0.332. The van der Waals surface area contributed by atoms with E-state index in [2.05, 4.69) is 24.5 Å². The van der Waals surface area contributed by atoms with Crippen molar-refractivity contribution in [2.45, 2.75) is 6.92 Å². The van der Waals surface area contributed by atoms with E-state index >= 15 is 0 Å². The van der Waals surface area contributed by atoms with Crippen molar-refractivity contribution in [3.05, 3.63) is 39.4 Å². The van der Waals surface area contributed by atoms with Crippen LogP contribution in [0.25, 0.3) is 0 Å². The Morgan fingerprint density at radius 1 is 1.57 bits per heavy atom. The van der Waals surface area contributed by atoms with Gasteiger partial charge in [-0.3, -0.25) is 10.1 Å². The number of hydrogen-bond donors (Lipinski definition) is 1. The van der Waals surface area contributed by atoms with Crippen LogP contribution in [0.4, 0.5) is 5.69 Å². The minimum atomic E-state index is -0.421. The molecular weight excluding hydrogens is 198 g/mol. The lowest BCUT2D eigenvalue weighted by molar-refractivity contribution is -0.385. The number of thiol groups is 1. The van der Waals surface area contributed by atoms with Crippen LogP contribution < -0.4 is 0 Å². The van der Waals surface area contributed by atoms with E-state index in [9.17, 15) is 10.1 Å². The van der Waals surface area contributed by atoms with Crippen molar-refractivity contribution in [1.82, 2.24) is 0 Å². The number of nitrogens with zero attached hydrogens (tertiary/aromatic N) is 1. The van der Waals surface area contributed by atoms with Crippen molar-refractivity contribution in [2.75, 3.05) is 5.75 Å². The van der Waals surface area contributed by atoms with Gasteiger partial charge in [-0.05, 0) is 12.5 Å². The van der Waals surface area contributed by atoms with Crippen LogP contribution in [0, 0.1) is 28.9 Å². The van der Waals surface area contributed by atoms with Crippen LogP contribution in [0.5, 0.6) is 0 Å². The van der Waals surface area contributed by atoms with Crippen molar-refractivity contribution >= 4 is 18.3 Å². The summed E-state index contributed by atoms with van der Waals surface area (Å²) >= 11 is 3.93. The Hall–Kier alpha value is -1.47. The fourth-order valence-corrected chi connectivity index (χ4v) is 1.17. The molecule has 0 aliphatic rings. The lowest BCUT2D eigenvalue weighted by Gasteiger charge is -1.98. The molecule has 0 heterocycles. The average molecular weight is 207 g/mol. The standard InChI is InChI=1S/C10H9NO2S/c1-8-4-2-6-10(11(12)13)9(8)5-3-7-14/h2,4,6,14H,7H2,1H3. The van der Waals surface area contributed by atoms with Gasteiger partial charge in [0.05, 0.1) is 10.7 Å². The first-order chi connectivity index (χ1) is 6.66. The molecule has 1 aromatic carbocycles. The highest BCUT2D eigenvalue weighted by atomic mass is 32.1. The molecule has 0 bridgehead atoms. The van der Waals surface area contributed by atoms with E-state index in [4.69, 9.17) is 0 Å². The van der Waals surface area contributed by atoms with E-state index in [1.54, 1.807) is 19.1 Å². The summed E-state index contributed by atoms with van der Waals surface area (Å²) in [4.78, 5) is 10.2.